The van der Waals surface area contributed by atoms with Crippen molar-refractivity contribution in [2.75, 3.05) is 12.9 Å². The van der Waals surface area contributed by atoms with Gasteiger partial charge < -0.3 is 14.6 Å². The maximum absolute atomic E-state index is 10.1. The predicted molar refractivity (Wildman–Crippen MR) is 108 cm³/mol. The molecule has 0 aromatic heterocycles. The lowest BCUT2D eigenvalue weighted by molar-refractivity contribution is -0.0605. The molecule has 0 bridgehead atoms. The van der Waals surface area contributed by atoms with Crippen LogP contribution in [0.3, 0.4) is 0 Å². The molecule has 3 atom stereocenters. The van der Waals surface area contributed by atoms with Crippen LogP contribution in [0, 0.1) is 0 Å². The van der Waals surface area contributed by atoms with Crippen molar-refractivity contribution in [3.63, 3.8) is 0 Å². The van der Waals surface area contributed by atoms with Crippen LogP contribution in [0.15, 0.2) is 42.5 Å². The van der Waals surface area contributed by atoms with Gasteiger partial charge in [0.25, 0.3) is 0 Å². The van der Waals surface area contributed by atoms with Crippen LogP contribution in [0.1, 0.15) is 42.6 Å². The van der Waals surface area contributed by atoms with Crippen molar-refractivity contribution in [1.82, 2.24) is 0 Å². The fraction of sp³-hybridized carbons (Fsp3) is 0.429. The Hall–Kier alpha value is -1.20. The molecular formula is C21H25ClO3S. The van der Waals surface area contributed by atoms with Gasteiger partial charge in [0.2, 0.25) is 0 Å². The van der Waals surface area contributed by atoms with Crippen molar-refractivity contribution >= 4 is 23.4 Å². The van der Waals surface area contributed by atoms with E-state index in [0.717, 1.165) is 28.3 Å². The first-order chi connectivity index (χ1) is 12.6. The molecule has 3 rings (SSSR count). The zero-order valence-electron chi connectivity index (χ0n) is 15.2. The lowest BCUT2D eigenvalue weighted by Crippen LogP contribution is -2.29. The Balaban J connectivity index is 1.77. The Morgan fingerprint density at radius 1 is 1.19 bits per heavy atom. The van der Waals surface area contributed by atoms with E-state index in [1.807, 2.05) is 37.4 Å². The Morgan fingerprint density at radius 2 is 1.96 bits per heavy atom. The molecule has 1 heterocycles. The number of hydrogen-bond acceptors (Lipinski definition) is 4. The van der Waals surface area contributed by atoms with Gasteiger partial charge in [0, 0.05) is 17.9 Å². The van der Waals surface area contributed by atoms with E-state index in [9.17, 15) is 5.11 Å². The summed E-state index contributed by atoms with van der Waals surface area (Å²) in [5, 5.41) is 10.9. The SMILES string of the molecule is CCOc1ccc(Cc2cc(C3CC(O)CC(SC)O3)ccc2Cl)cc1. The van der Waals surface area contributed by atoms with E-state index in [4.69, 9.17) is 21.1 Å². The van der Waals surface area contributed by atoms with E-state index in [1.54, 1.807) is 11.8 Å². The number of halogens is 1. The van der Waals surface area contributed by atoms with Crippen LogP contribution in [0.25, 0.3) is 0 Å². The van der Waals surface area contributed by atoms with Gasteiger partial charge in [-0.25, -0.2) is 0 Å². The second-order valence-electron chi connectivity index (χ2n) is 6.52. The third kappa shape index (κ3) is 4.95. The molecule has 26 heavy (non-hydrogen) atoms. The highest BCUT2D eigenvalue weighted by Crippen LogP contribution is 2.36. The fourth-order valence-corrected chi connectivity index (χ4v) is 4.09. The van der Waals surface area contributed by atoms with Gasteiger partial charge in [-0.3, -0.25) is 0 Å². The molecule has 0 spiro atoms. The molecule has 2 aromatic rings. The van der Waals surface area contributed by atoms with Crippen molar-refractivity contribution in [3.05, 3.63) is 64.2 Å². The maximum Gasteiger partial charge on any atom is 0.119 e. The van der Waals surface area contributed by atoms with Crippen molar-refractivity contribution in [2.24, 2.45) is 0 Å². The van der Waals surface area contributed by atoms with E-state index in [0.29, 0.717) is 19.4 Å². The molecule has 3 nitrogen and oxygen atoms in total. The van der Waals surface area contributed by atoms with Gasteiger partial charge in [0.15, 0.2) is 0 Å². The first-order valence-electron chi connectivity index (χ1n) is 8.95. The van der Waals surface area contributed by atoms with Crippen LogP contribution < -0.4 is 4.74 Å². The molecule has 0 saturated carbocycles. The molecule has 0 radical (unpaired) electrons. The lowest BCUT2D eigenvalue weighted by atomic mass is 9.96. The molecule has 1 saturated heterocycles. The average molecular weight is 393 g/mol. The summed E-state index contributed by atoms with van der Waals surface area (Å²) in [6.07, 6.45) is 3.66. The number of benzene rings is 2. The highest BCUT2D eigenvalue weighted by Gasteiger charge is 2.29. The maximum atomic E-state index is 10.1. The zero-order valence-corrected chi connectivity index (χ0v) is 16.7. The summed E-state index contributed by atoms with van der Waals surface area (Å²) < 4.78 is 11.6. The molecule has 0 amide bonds. The molecular weight excluding hydrogens is 368 g/mol. The second-order valence-corrected chi connectivity index (χ2v) is 7.92. The van der Waals surface area contributed by atoms with Crippen LogP contribution in [0.4, 0.5) is 0 Å². The summed E-state index contributed by atoms with van der Waals surface area (Å²) in [7, 11) is 0. The summed E-state index contributed by atoms with van der Waals surface area (Å²) in [5.41, 5.74) is 3.36. The van der Waals surface area contributed by atoms with Gasteiger partial charge in [0.1, 0.15) is 11.2 Å². The number of hydrogen-bond donors (Lipinski definition) is 1. The van der Waals surface area contributed by atoms with Gasteiger partial charge in [0.05, 0.1) is 18.8 Å². The van der Waals surface area contributed by atoms with E-state index in [-0.39, 0.29) is 17.6 Å². The summed E-state index contributed by atoms with van der Waals surface area (Å²) in [6.45, 7) is 2.64. The van der Waals surface area contributed by atoms with Gasteiger partial charge in [-0.1, -0.05) is 35.9 Å². The molecule has 1 N–H and O–H groups in total. The van der Waals surface area contributed by atoms with Gasteiger partial charge in [-0.05, 0) is 54.5 Å². The minimum absolute atomic E-state index is 0.0361. The first kappa shape index (κ1) is 19.6. The molecule has 1 aliphatic rings. The molecule has 1 fully saturated rings. The zero-order chi connectivity index (χ0) is 18.5. The highest BCUT2D eigenvalue weighted by molar-refractivity contribution is 7.99. The van der Waals surface area contributed by atoms with Crippen molar-refractivity contribution in [3.8, 4) is 5.75 Å². The van der Waals surface area contributed by atoms with E-state index >= 15 is 0 Å². The number of rotatable bonds is 6. The predicted octanol–water partition coefficient (Wildman–Crippen LogP) is 5.23. The van der Waals surface area contributed by atoms with Crippen molar-refractivity contribution in [2.45, 2.75) is 43.8 Å². The van der Waals surface area contributed by atoms with Gasteiger partial charge >= 0.3 is 0 Å². The summed E-state index contributed by atoms with van der Waals surface area (Å²) in [4.78, 5) is 0. The smallest absolute Gasteiger partial charge is 0.119 e. The van der Waals surface area contributed by atoms with Crippen LogP contribution in [-0.2, 0) is 11.2 Å². The first-order valence-corrected chi connectivity index (χ1v) is 10.6. The van der Waals surface area contributed by atoms with E-state index in [2.05, 4.69) is 18.2 Å². The Morgan fingerprint density at radius 3 is 2.65 bits per heavy atom. The highest BCUT2D eigenvalue weighted by atomic mass is 35.5. The number of aliphatic hydroxyl groups is 1. The Labute approximate surface area is 164 Å². The van der Waals surface area contributed by atoms with Crippen LogP contribution in [-0.4, -0.2) is 29.5 Å². The number of aliphatic hydroxyl groups excluding tert-OH is 1. The second kappa shape index (κ2) is 9.14. The van der Waals surface area contributed by atoms with Crippen LogP contribution in [0.5, 0.6) is 5.75 Å². The molecule has 140 valence electrons. The quantitative estimate of drug-likeness (QED) is 0.730. The summed E-state index contributed by atoms with van der Waals surface area (Å²) >= 11 is 8.07. The lowest BCUT2D eigenvalue weighted by Gasteiger charge is -2.32. The van der Waals surface area contributed by atoms with Gasteiger partial charge in [-0.15, -0.1) is 11.8 Å². The topological polar surface area (TPSA) is 38.7 Å². The molecule has 0 aliphatic carbocycles. The van der Waals surface area contributed by atoms with Crippen molar-refractivity contribution in [1.29, 1.82) is 0 Å². The van der Waals surface area contributed by atoms with E-state index in [1.165, 1.54) is 5.56 Å². The average Bonchev–Trinajstić information content (AvgIpc) is 2.64. The molecule has 3 unspecified atom stereocenters. The van der Waals surface area contributed by atoms with Crippen LogP contribution >= 0.6 is 23.4 Å². The standard InChI is InChI=1S/C21H25ClO3S/c1-3-24-18-7-4-14(5-8-18)10-16-11-15(6-9-19(16)22)20-12-17(23)13-21(25-20)26-2/h4-9,11,17,20-21,23H,3,10,12-13H2,1-2H3. The van der Waals surface area contributed by atoms with Crippen molar-refractivity contribution < 1.29 is 14.6 Å². The van der Waals surface area contributed by atoms with Crippen LogP contribution in [0.2, 0.25) is 5.02 Å². The summed E-state index contributed by atoms with van der Waals surface area (Å²) in [5.74, 6) is 0.879. The molecule has 1 aliphatic heterocycles. The number of ether oxygens (including phenoxy) is 2. The molecule has 5 heteroatoms. The Kier molecular flexibility index (Phi) is 6.87. The normalized spacial score (nSPS) is 23.0. The molecule has 2 aromatic carbocycles. The minimum Gasteiger partial charge on any atom is -0.494 e. The third-order valence-corrected chi connectivity index (χ3v) is 5.80. The minimum atomic E-state index is -0.323. The Bertz CT molecular complexity index is 720. The largest absolute Gasteiger partial charge is 0.494 e. The number of thioether (sulfide) groups is 1. The summed E-state index contributed by atoms with van der Waals surface area (Å²) in [6, 6.07) is 14.2. The van der Waals surface area contributed by atoms with Gasteiger partial charge in [-0.2, -0.15) is 0 Å². The third-order valence-electron chi connectivity index (χ3n) is 4.60. The fourth-order valence-electron chi connectivity index (χ4n) is 3.25. The van der Waals surface area contributed by atoms with E-state index < -0.39 is 0 Å². The monoisotopic (exact) mass is 392 g/mol.